The number of rotatable bonds is 35. The molecule has 1 aromatic carbocycles. The van der Waals surface area contributed by atoms with Crippen molar-refractivity contribution < 1.29 is 57.2 Å². The number of piperazine rings is 1. The molecule has 3 aliphatic heterocycles. The molecule has 1 aliphatic carbocycles. The maximum atomic E-state index is 13.6. The summed E-state index contributed by atoms with van der Waals surface area (Å²) in [4.78, 5) is 108. The molecule has 3 N–H and O–H groups in total. The average molecular weight is 1140 g/mol. The molecule has 1 saturated carbocycles. The summed E-state index contributed by atoms with van der Waals surface area (Å²) in [6.07, 6.45) is 14.4. The van der Waals surface area contributed by atoms with E-state index in [0.29, 0.717) is 152 Å². The lowest BCUT2D eigenvalue weighted by molar-refractivity contribution is -0.136. The number of imide groups is 2. The normalized spacial score (nSPS) is 16.6. The Morgan fingerprint density at radius 1 is 0.683 bits per heavy atom. The molecule has 1 atom stereocenters. The fraction of sp³-hybridized carbons (Fsp3) is 0.593. The number of ether oxygens (including phenoxy) is 6. The number of ketones is 1. The number of nitrogens with one attached hydrogen (secondary N) is 3. The van der Waals surface area contributed by atoms with E-state index in [1.165, 1.54) is 6.92 Å². The predicted octanol–water partition coefficient (Wildman–Crippen LogP) is 5.94. The summed E-state index contributed by atoms with van der Waals surface area (Å²) < 4.78 is 35.5. The first kappa shape index (κ1) is 61.3. The monoisotopic (exact) mass is 1140 g/mol. The second-order valence-electron chi connectivity index (χ2n) is 21.0. The number of fused-ring (bicyclic) bond motifs is 2. The van der Waals surface area contributed by atoms with Gasteiger partial charge in [0.2, 0.25) is 23.7 Å². The largest absolute Gasteiger partial charge is 0.384 e. The van der Waals surface area contributed by atoms with Crippen LogP contribution < -0.4 is 26.4 Å². The van der Waals surface area contributed by atoms with E-state index in [1.807, 2.05) is 17.0 Å². The van der Waals surface area contributed by atoms with Crippen LogP contribution in [0.5, 0.6) is 0 Å². The molecule has 5 amide bonds. The Bertz CT molecular complexity index is 2870. The molecule has 0 radical (unpaired) electrons. The van der Waals surface area contributed by atoms with E-state index in [1.54, 1.807) is 42.1 Å². The molecule has 3 fully saturated rings. The van der Waals surface area contributed by atoms with Crippen LogP contribution in [0.3, 0.4) is 0 Å². The topological polar surface area (TPSA) is 264 Å². The molecule has 3 aromatic heterocycles. The van der Waals surface area contributed by atoms with E-state index in [0.717, 1.165) is 81.2 Å². The van der Waals surface area contributed by atoms with Gasteiger partial charge in [0.1, 0.15) is 17.5 Å². The third kappa shape index (κ3) is 16.7. The highest BCUT2D eigenvalue weighted by atomic mass is 16.6. The lowest BCUT2D eigenvalue weighted by atomic mass is 10.0. The fourth-order valence-electron chi connectivity index (χ4n) is 10.9. The first-order chi connectivity index (χ1) is 40.0. The molecule has 23 nitrogen and oxygen atoms in total. The van der Waals surface area contributed by atoms with Gasteiger partial charge in [-0.15, -0.1) is 0 Å². The van der Waals surface area contributed by atoms with E-state index in [4.69, 9.17) is 33.4 Å². The number of anilines is 4. The minimum absolute atomic E-state index is 0.00358. The molecule has 6 heterocycles. The number of Topliss-reactive ketones (excluding diaryl/α,β-unsaturated/α-hetero) is 1. The van der Waals surface area contributed by atoms with Crippen molar-refractivity contribution >= 4 is 69.5 Å². The molecule has 4 aromatic rings. The van der Waals surface area contributed by atoms with Gasteiger partial charge in [-0.25, -0.2) is 9.97 Å². The zero-order valence-electron chi connectivity index (χ0n) is 47.6. The number of piperidine rings is 1. The molecule has 2 saturated heterocycles. The number of nitrogens with zero attached hydrogens (tertiary/aromatic N) is 7. The number of aromatic nitrogens is 4. The maximum Gasteiger partial charge on any atom is 0.264 e. The van der Waals surface area contributed by atoms with Crippen molar-refractivity contribution in [2.45, 2.75) is 116 Å². The van der Waals surface area contributed by atoms with Crippen LogP contribution in [0, 0.1) is 6.92 Å². The SMILES string of the molecule is CC(=O)c1c(C)c2cnc(Nc3ccc(N4CCN(C(=O)CCCCCOCCOCCOCCOCCOCCOCCCCCCNc5cccc6c5C(=O)N(C5CCC(=O)NC5=O)C6=O)CC4)cn3)nc2n(C2CCCC2)c1=O. The molecule has 1 unspecified atom stereocenters. The van der Waals surface area contributed by atoms with E-state index >= 15 is 0 Å². The molecule has 0 bridgehead atoms. The Morgan fingerprint density at radius 3 is 1.91 bits per heavy atom. The predicted molar refractivity (Wildman–Crippen MR) is 306 cm³/mol. The minimum Gasteiger partial charge on any atom is -0.384 e. The second-order valence-corrected chi connectivity index (χ2v) is 21.0. The minimum atomic E-state index is -0.991. The Morgan fingerprint density at radius 2 is 1.30 bits per heavy atom. The Kier molecular flexibility index (Phi) is 23.6. The second kappa shape index (κ2) is 31.6. The van der Waals surface area contributed by atoms with Gasteiger partial charge < -0.3 is 48.9 Å². The summed E-state index contributed by atoms with van der Waals surface area (Å²) in [6.45, 7) is 12.6. The number of hydrogen-bond donors (Lipinski definition) is 3. The Balaban J connectivity index is 0.556. The van der Waals surface area contributed by atoms with Crippen LogP contribution in [-0.2, 0) is 42.8 Å². The number of benzene rings is 1. The summed E-state index contributed by atoms with van der Waals surface area (Å²) >= 11 is 0. The van der Waals surface area contributed by atoms with Gasteiger partial charge >= 0.3 is 0 Å². The van der Waals surface area contributed by atoms with Crippen molar-refractivity contribution in [2.75, 3.05) is 128 Å². The average Bonchev–Trinajstić information content (AvgIpc) is 2.83. The van der Waals surface area contributed by atoms with E-state index < -0.39 is 29.7 Å². The zero-order chi connectivity index (χ0) is 57.6. The van der Waals surface area contributed by atoms with Gasteiger partial charge in [0.05, 0.1) is 94.6 Å². The number of carbonyl (C=O) groups is 6. The molecule has 4 aliphatic rings. The lowest BCUT2D eigenvalue weighted by Gasteiger charge is -2.36. The van der Waals surface area contributed by atoms with Crippen molar-refractivity contribution in [1.82, 2.24) is 34.6 Å². The van der Waals surface area contributed by atoms with Crippen LogP contribution in [0.1, 0.15) is 139 Å². The standard InChI is InChI=1S/C59H80N10O13/c1-41-46-40-62-59(65-54(46)68(43-13-7-8-14-43)57(75)52(41)42(2)70)63-49-20-18-44(39-61-49)66-23-25-67(26-24-66)51(72)17-6-5-11-28-78-30-32-80-34-36-82-38-37-81-35-33-79-31-29-77-27-10-4-3-9-22-60-47-16-12-15-45-53(47)58(76)69(56(45)74)48-19-21-50(71)64-55(48)73/h12,15-16,18,20,39-40,43,48,60H,3-11,13-14,17,19,21-38H2,1-2H3,(H,64,71,73)(H,61,62,63,65). The molecule has 444 valence electrons. The highest BCUT2D eigenvalue weighted by molar-refractivity contribution is 6.25. The molecule has 0 spiro atoms. The van der Waals surface area contributed by atoms with Crippen molar-refractivity contribution in [3.63, 3.8) is 0 Å². The first-order valence-corrected chi connectivity index (χ1v) is 29.2. The van der Waals surface area contributed by atoms with Crippen LogP contribution in [0.15, 0.2) is 47.5 Å². The highest BCUT2D eigenvalue weighted by Crippen LogP contribution is 2.34. The van der Waals surface area contributed by atoms with Gasteiger partial charge in [-0.1, -0.05) is 38.2 Å². The number of pyridine rings is 2. The van der Waals surface area contributed by atoms with Crippen molar-refractivity contribution in [2.24, 2.45) is 0 Å². The third-order valence-corrected chi connectivity index (χ3v) is 15.3. The van der Waals surface area contributed by atoms with E-state index in [9.17, 15) is 33.6 Å². The highest BCUT2D eigenvalue weighted by Gasteiger charge is 2.45. The summed E-state index contributed by atoms with van der Waals surface area (Å²) in [6, 6.07) is 7.93. The van der Waals surface area contributed by atoms with Gasteiger partial charge in [-0.05, 0) is 88.6 Å². The molecular weight excluding hydrogens is 1060 g/mol. The van der Waals surface area contributed by atoms with Gasteiger partial charge in [0.25, 0.3) is 17.4 Å². The molecule has 8 rings (SSSR count). The van der Waals surface area contributed by atoms with Crippen LogP contribution >= 0.6 is 0 Å². The van der Waals surface area contributed by atoms with Gasteiger partial charge in [-0.2, -0.15) is 4.98 Å². The van der Waals surface area contributed by atoms with Crippen LogP contribution in [0.2, 0.25) is 0 Å². The Labute approximate surface area is 478 Å². The number of carbonyl (C=O) groups excluding carboxylic acids is 6. The first-order valence-electron chi connectivity index (χ1n) is 29.2. The van der Waals surface area contributed by atoms with Gasteiger partial charge in [-0.3, -0.25) is 48.3 Å². The molecular formula is C59H80N10O13. The quantitative estimate of drug-likeness (QED) is 0.0273. The number of hydrogen-bond acceptors (Lipinski definition) is 19. The third-order valence-electron chi connectivity index (χ3n) is 15.3. The van der Waals surface area contributed by atoms with Crippen molar-refractivity contribution in [3.8, 4) is 0 Å². The van der Waals surface area contributed by atoms with Crippen molar-refractivity contribution in [1.29, 1.82) is 0 Å². The van der Waals surface area contributed by atoms with E-state index in [2.05, 4.69) is 30.8 Å². The van der Waals surface area contributed by atoms with Gasteiger partial charge in [0, 0.05) is 82.1 Å². The zero-order valence-corrected chi connectivity index (χ0v) is 47.6. The van der Waals surface area contributed by atoms with Crippen LogP contribution in [0.4, 0.5) is 23.1 Å². The Hall–Kier alpha value is -6.76. The molecule has 82 heavy (non-hydrogen) atoms. The maximum absolute atomic E-state index is 13.6. The summed E-state index contributed by atoms with van der Waals surface area (Å²) in [5.74, 6) is -1.25. The summed E-state index contributed by atoms with van der Waals surface area (Å²) in [5.41, 5.74) is 3.11. The van der Waals surface area contributed by atoms with Crippen molar-refractivity contribution in [3.05, 3.63) is 75.3 Å². The van der Waals surface area contributed by atoms with Gasteiger partial charge in [0.15, 0.2) is 5.78 Å². The van der Waals surface area contributed by atoms with Crippen LogP contribution in [-0.4, -0.2) is 183 Å². The fourth-order valence-corrected chi connectivity index (χ4v) is 10.9. The number of aryl methyl sites for hydroxylation is 1. The number of unbranched alkanes of at least 4 members (excludes halogenated alkanes) is 5. The lowest BCUT2D eigenvalue weighted by Crippen LogP contribution is -2.54. The summed E-state index contributed by atoms with van der Waals surface area (Å²) in [7, 11) is 0. The molecule has 23 heteroatoms. The smallest absolute Gasteiger partial charge is 0.264 e. The van der Waals surface area contributed by atoms with Crippen LogP contribution in [0.25, 0.3) is 11.0 Å². The summed E-state index contributed by atoms with van der Waals surface area (Å²) in [5, 5.41) is 9.39. The van der Waals surface area contributed by atoms with E-state index in [-0.39, 0.29) is 52.8 Å². The number of amides is 5.